The highest BCUT2D eigenvalue weighted by Gasteiger charge is 2.20. The van der Waals surface area contributed by atoms with Gasteiger partial charge < -0.3 is 20.1 Å². The van der Waals surface area contributed by atoms with Gasteiger partial charge in [0.05, 0.1) is 19.8 Å². The van der Waals surface area contributed by atoms with Gasteiger partial charge in [-0.3, -0.25) is 4.79 Å². The number of ether oxygens (including phenoxy) is 2. The summed E-state index contributed by atoms with van der Waals surface area (Å²) in [7, 11) is 3.09. The van der Waals surface area contributed by atoms with E-state index in [1.807, 2.05) is 0 Å². The Morgan fingerprint density at radius 3 is 2.72 bits per heavy atom. The molecule has 5 heteroatoms. The number of hydrogen-bond acceptors (Lipinski definition) is 4. The van der Waals surface area contributed by atoms with E-state index in [2.05, 4.69) is 10.6 Å². The number of rotatable bonds is 5. The lowest BCUT2D eigenvalue weighted by Crippen LogP contribution is -2.48. The Kier molecular flexibility index (Phi) is 4.04. The third-order valence-corrected chi connectivity index (χ3v) is 3.06. The summed E-state index contributed by atoms with van der Waals surface area (Å²) >= 11 is 0. The molecule has 98 valence electrons. The van der Waals surface area contributed by atoms with Crippen molar-refractivity contribution in [2.75, 3.05) is 33.9 Å². The Morgan fingerprint density at radius 2 is 2.17 bits per heavy atom. The number of benzene rings is 1. The predicted molar refractivity (Wildman–Crippen MR) is 68.2 cm³/mol. The van der Waals surface area contributed by atoms with Crippen LogP contribution in [-0.4, -0.2) is 39.8 Å². The van der Waals surface area contributed by atoms with E-state index in [1.54, 1.807) is 25.3 Å². The molecule has 1 fully saturated rings. The fourth-order valence-corrected chi connectivity index (χ4v) is 1.89. The van der Waals surface area contributed by atoms with E-state index in [9.17, 15) is 4.79 Å². The van der Waals surface area contributed by atoms with Crippen LogP contribution in [0, 0.1) is 5.92 Å². The van der Waals surface area contributed by atoms with Crippen LogP contribution in [0.2, 0.25) is 0 Å². The Bertz CT molecular complexity index is 430. The minimum Gasteiger partial charge on any atom is -0.493 e. The molecular formula is C13H18N2O3. The minimum atomic E-state index is -0.127. The van der Waals surface area contributed by atoms with Gasteiger partial charge >= 0.3 is 0 Å². The maximum atomic E-state index is 12.1. The van der Waals surface area contributed by atoms with Gasteiger partial charge in [-0.05, 0) is 12.1 Å². The molecule has 0 saturated carbocycles. The third kappa shape index (κ3) is 2.56. The number of carbonyl (C=O) groups excluding carboxylic acids is 1. The number of hydrogen-bond donors (Lipinski definition) is 2. The van der Waals surface area contributed by atoms with Crippen molar-refractivity contribution in [2.45, 2.75) is 0 Å². The smallest absolute Gasteiger partial charge is 0.255 e. The van der Waals surface area contributed by atoms with Gasteiger partial charge in [0.25, 0.3) is 5.91 Å². The molecular weight excluding hydrogens is 232 g/mol. The predicted octanol–water partition coefficient (Wildman–Crippen LogP) is 0.653. The Balaban J connectivity index is 2.08. The second-order valence-electron chi connectivity index (χ2n) is 4.28. The molecule has 1 aliphatic rings. The highest BCUT2D eigenvalue weighted by molar-refractivity contribution is 5.97. The van der Waals surface area contributed by atoms with E-state index in [-0.39, 0.29) is 5.91 Å². The molecule has 1 saturated heterocycles. The molecule has 2 N–H and O–H groups in total. The van der Waals surface area contributed by atoms with Gasteiger partial charge in [0.1, 0.15) is 0 Å². The van der Waals surface area contributed by atoms with Crippen LogP contribution in [0.15, 0.2) is 18.2 Å². The van der Waals surface area contributed by atoms with Crippen LogP contribution in [0.4, 0.5) is 0 Å². The first-order valence-electron chi connectivity index (χ1n) is 5.96. The summed E-state index contributed by atoms with van der Waals surface area (Å²) in [6.07, 6.45) is 0. The van der Waals surface area contributed by atoms with Crippen LogP contribution in [0.3, 0.4) is 0 Å². The van der Waals surface area contributed by atoms with Gasteiger partial charge in [-0.2, -0.15) is 0 Å². The van der Waals surface area contributed by atoms with Crippen LogP contribution < -0.4 is 20.1 Å². The quantitative estimate of drug-likeness (QED) is 0.805. The number of methoxy groups -OCH3 is 2. The second-order valence-corrected chi connectivity index (χ2v) is 4.28. The van der Waals surface area contributed by atoms with E-state index >= 15 is 0 Å². The summed E-state index contributed by atoms with van der Waals surface area (Å²) in [5, 5.41) is 6.08. The van der Waals surface area contributed by atoms with Crippen molar-refractivity contribution in [3.05, 3.63) is 23.8 Å². The van der Waals surface area contributed by atoms with Gasteiger partial charge in [-0.15, -0.1) is 0 Å². The largest absolute Gasteiger partial charge is 0.493 e. The normalized spacial score (nSPS) is 14.8. The molecule has 1 amide bonds. The van der Waals surface area contributed by atoms with Crippen LogP contribution in [0.5, 0.6) is 11.5 Å². The summed E-state index contributed by atoms with van der Waals surface area (Å²) < 4.78 is 10.4. The SMILES string of the molecule is COc1cccc(C(=O)NCC2CNC2)c1OC. The molecule has 2 rings (SSSR count). The van der Waals surface area contributed by atoms with E-state index in [0.717, 1.165) is 13.1 Å². The van der Waals surface area contributed by atoms with Gasteiger partial charge in [0.2, 0.25) is 0 Å². The average molecular weight is 250 g/mol. The molecule has 1 aliphatic heterocycles. The van der Waals surface area contributed by atoms with Crippen molar-refractivity contribution in [1.29, 1.82) is 0 Å². The lowest BCUT2D eigenvalue weighted by Gasteiger charge is -2.27. The molecule has 0 bridgehead atoms. The van der Waals surface area contributed by atoms with Crippen molar-refractivity contribution in [3.8, 4) is 11.5 Å². The molecule has 0 spiro atoms. The summed E-state index contributed by atoms with van der Waals surface area (Å²) in [4.78, 5) is 12.1. The van der Waals surface area contributed by atoms with Gasteiger partial charge in [-0.1, -0.05) is 6.07 Å². The molecule has 1 heterocycles. The van der Waals surface area contributed by atoms with Crippen molar-refractivity contribution >= 4 is 5.91 Å². The monoisotopic (exact) mass is 250 g/mol. The first kappa shape index (κ1) is 12.7. The van der Waals surface area contributed by atoms with Crippen LogP contribution in [0.25, 0.3) is 0 Å². The third-order valence-electron chi connectivity index (χ3n) is 3.06. The molecule has 0 unspecified atom stereocenters. The number of para-hydroxylation sites is 1. The maximum Gasteiger partial charge on any atom is 0.255 e. The van der Waals surface area contributed by atoms with Crippen LogP contribution in [0.1, 0.15) is 10.4 Å². The van der Waals surface area contributed by atoms with Crippen LogP contribution in [-0.2, 0) is 0 Å². The standard InChI is InChI=1S/C13H18N2O3/c1-17-11-5-3-4-10(12(11)18-2)13(16)15-8-9-6-14-7-9/h3-5,9,14H,6-8H2,1-2H3,(H,15,16). The summed E-state index contributed by atoms with van der Waals surface area (Å²) in [6, 6.07) is 5.28. The van der Waals surface area contributed by atoms with E-state index in [0.29, 0.717) is 29.5 Å². The molecule has 0 aliphatic carbocycles. The van der Waals surface area contributed by atoms with Crippen molar-refractivity contribution < 1.29 is 14.3 Å². The zero-order valence-electron chi connectivity index (χ0n) is 10.7. The Morgan fingerprint density at radius 1 is 1.39 bits per heavy atom. The van der Waals surface area contributed by atoms with E-state index < -0.39 is 0 Å². The highest BCUT2D eigenvalue weighted by atomic mass is 16.5. The summed E-state index contributed by atoms with van der Waals surface area (Å²) in [5.41, 5.74) is 0.504. The topological polar surface area (TPSA) is 59.6 Å². The van der Waals surface area contributed by atoms with E-state index in [1.165, 1.54) is 7.11 Å². The van der Waals surface area contributed by atoms with Crippen LogP contribution >= 0.6 is 0 Å². The van der Waals surface area contributed by atoms with Gasteiger partial charge in [0, 0.05) is 25.6 Å². The van der Waals surface area contributed by atoms with E-state index in [4.69, 9.17) is 9.47 Å². The number of amides is 1. The second kappa shape index (κ2) is 5.73. The van der Waals surface area contributed by atoms with Crippen molar-refractivity contribution in [2.24, 2.45) is 5.92 Å². The first-order valence-corrected chi connectivity index (χ1v) is 5.96. The lowest BCUT2D eigenvalue weighted by atomic mass is 10.0. The van der Waals surface area contributed by atoms with Gasteiger partial charge in [-0.25, -0.2) is 0 Å². The molecule has 1 aromatic rings. The molecule has 18 heavy (non-hydrogen) atoms. The fourth-order valence-electron chi connectivity index (χ4n) is 1.89. The molecule has 5 nitrogen and oxygen atoms in total. The molecule has 1 aromatic carbocycles. The maximum absolute atomic E-state index is 12.1. The number of carbonyl (C=O) groups is 1. The number of nitrogens with one attached hydrogen (secondary N) is 2. The molecule has 0 atom stereocenters. The summed E-state index contributed by atoms with van der Waals surface area (Å²) in [6.45, 7) is 2.62. The molecule has 0 radical (unpaired) electrons. The fraction of sp³-hybridized carbons (Fsp3) is 0.462. The van der Waals surface area contributed by atoms with Gasteiger partial charge in [0.15, 0.2) is 11.5 Å². The first-order chi connectivity index (χ1) is 8.76. The lowest BCUT2D eigenvalue weighted by molar-refractivity contribution is 0.0938. The molecule has 0 aromatic heterocycles. The highest BCUT2D eigenvalue weighted by Crippen LogP contribution is 2.30. The zero-order valence-corrected chi connectivity index (χ0v) is 10.7. The Labute approximate surface area is 106 Å². The minimum absolute atomic E-state index is 0.127. The average Bonchev–Trinajstić information content (AvgIpc) is 2.35. The Hall–Kier alpha value is -1.75. The van der Waals surface area contributed by atoms with Crippen molar-refractivity contribution in [3.63, 3.8) is 0 Å². The zero-order chi connectivity index (χ0) is 13.0. The van der Waals surface area contributed by atoms with Crippen molar-refractivity contribution in [1.82, 2.24) is 10.6 Å². The summed E-state index contributed by atoms with van der Waals surface area (Å²) in [5.74, 6) is 1.45.